The predicted octanol–water partition coefficient (Wildman–Crippen LogP) is 3.01. The molecular weight excluding hydrogens is 311 g/mol. The van der Waals surface area contributed by atoms with Crippen LogP contribution in [0.5, 0.6) is 5.75 Å². The zero-order chi connectivity index (χ0) is 13.1. The highest BCUT2D eigenvalue weighted by atomic mass is 35.6. The van der Waals surface area contributed by atoms with Gasteiger partial charge in [-0.05, 0) is 18.6 Å². The van der Waals surface area contributed by atoms with Crippen molar-refractivity contribution in [2.75, 3.05) is 6.61 Å². The molecule has 17 heavy (non-hydrogen) atoms. The monoisotopic (exact) mass is 318 g/mol. The lowest BCUT2D eigenvalue weighted by atomic mass is 10.2. The summed E-state index contributed by atoms with van der Waals surface area (Å²) in [6.45, 7) is 1.08. The summed E-state index contributed by atoms with van der Waals surface area (Å²) < 4.78 is 30.0. The molecule has 0 aliphatic carbocycles. The number of benzene rings is 1. The van der Waals surface area contributed by atoms with Crippen LogP contribution in [0.2, 0.25) is 0 Å². The average molecular weight is 320 g/mol. The summed E-state index contributed by atoms with van der Waals surface area (Å²) in [6, 6.07) is 6.56. The molecule has 96 valence electrons. The first kappa shape index (κ1) is 14.9. The number of hydrogen-bond acceptors (Lipinski definition) is 4. The Morgan fingerprint density at radius 3 is 2.35 bits per heavy atom. The molecule has 1 aromatic carbocycles. The van der Waals surface area contributed by atoms with Gasteiger partial charge in [0, 0.05) is 0 Å². The molecule has 0 radical (unpaired) electrons. The lowest BCUT2D eigenvalue weighted by Gasteiger charge is -2.12. The Hall–Kier alpha value is -0.200. The molecular formula is C9H9Cl3O4S. The summed E-state index contributed by atoms with van der Waals surface area (Å²) in [7, 11) is -4.24. The van der Waals surface area contributed by atoms with Crippen molar-refractivity contribution in [1.29, 1.82) is 0 Å². The van der Waals surface area contributed by atoms with Crippen LogP contribution >= 0.6 is 34.8 Å². The zero-order valence-electron chi connectivity index (χ0n) is 8.69. The van der Waals surface area contributed by atoms with Crippen molar-refractivity contribution in [3.05, 3.63) is 29.8 Å². The molecule has 1 aromatic rings. The standard InChI is InChI=1S/C9H9Cl3O4S/c1-7-4-2-3-5-8(7)16-17(13,14)15-6-9(10,11)12/h2-5H,6H2,1H3. The van der Waals surface area contributed by atoms with Gasteiger partial charge in [-0.1, -0.05) is 53.0 Å². The van der Waals surface area contributed by atoms with E-state index in [4.69, 9.17) is 39.0 Å². The summed E-state index contributed by atoms with van der Waals surface area (Å²) in [5.41, 5.74) is 0.647. The zero-order valence-corrected chi connectivity index (χ0v) is 11.8. The third-order valence-corrected chi connectivity index (χ3v) is 2.77. The lowest BCUT2D eigenvalue weighted by Crippen LogP contribution is -2.21. The quantitative estimate of drug-likeness (QED) is 0.801. The molecule has 1 rings (SSSR count). The molecule has 0 aliphatic heterocycles. The van der Waals surface area contributed by atoms with E-state index in [0.29, 0.717) is 5.56 Å². The highest BCUT2D eigenvalue weighted by molar-refractivity contribution is 7.82. The van der Waals surface area contributed by atoms with Gasteiger partial charge in [-0.25, -0.2) is 4.18 Å². The van der Waals surface area contributed by atoms with E-state index in [1.54, 1.807) is 25.1 Å². The van der Waals surface area contributed by atoms with E-state index in [2.05, 4.69) is 4.18 Å². The van der Waals surface area contributed by atoms with Gasteiger partial charge in [0.1, 0.15) is 12.4 Å². The molecule has 0 spiro atoms. The van der Waals surface area contributed by atoms with Crippen LogP contribution in [0.1, 0.15) is 5.56 Å². The summed E-state index contributed by atoms with van der Waals surface area (Å²) in [6.07, 6.45) is 0. The van der Waals surface area contributed by atoms with E-state index in [1.807, 2.05) is 0 Å². The Morgan fingerprint density at radius 2 is 1.82 bits per heavy atom. The molecule has 0 amide bonds. The largest absolute Gasteiger partial charge is 0.449 e. The SMILES string of the molecule is Cc1ccccc1OS(=O)(=O)OCC(Cl)(Cl)Cl. The van der Waals surface area contributed by atoms with Crippen LogP contribution in [0.15, 0.2) is 24.3 Å². The minimum absolute atomic E-state index is 0.164. The Morgan fingerprint density at radius 1 is 1.24 bits per heavy atom. The van der Waals surface area contributed by atoms with Crippen molar-refractivity contribution in [2.45, 2.75) is 10.7 Å². The summed E-state index contributed by atoms with van der Waals surface area (Å²) in [5.74, 6) is 0.164. The van der Waals surface area contributed by atoms with Crippen molar-refractivity contribution in [2.24, 2.45) is 0 Å². The molecule has 0 fully saturated rings. The van der Waals surface area contributed by atoms with Gasteiger partial charge in [-0.3, -0.25) is 0 Å². The van der Waals surface area contributed by atoms with E-state index >= 15 is 0 Å². The summed E-state index contributed by atoms with van der Waals surface area (Å²) >= 11 is 16.1. The Balaban J connectivity index is 2.71. The van der Waals surface area contributed by atoms with Gasteiger partial charge in [-0.15, -0.1) is 0 Å². The molecule has 0 N–H and O–H groups in total. The molecule has 0 saturated heterocycles. The second kappa shape index (κ2) is 5.63. The van der Waals surface area contributed by atoms with Gasteiger partial charge in [0.05, 0.1) is 0 Å². The number of aryl methyl sites for hydroxylation is 1. The molecule has 4 nitrogen and oxygen atoms in total. The maximum absolute atomic E-state index is 11.4. The normalized spacial score (nSPS) is 12.5. The highest BCUT2D eigenvalue weighted by Crippen LogP contribution is 2.27. The van der Waals surface area contributed by atoms with Gasteiger partial charge < -0.3 is 4.18 Å². The maximum atomic E-state index is 11.4. The summed E-state index contributed by atoms with van der Waals surface area (Å²) in [5, 5.41) is 0. The van der Waals surface area contributed by atoms with Crippen LogP contribution in [0, 0.1) is 6.92 Å². The Bertz CT molecular complexity index is 481. The number of para-hydroxylation sites is 1. The van der Waals surface area contributed by atoms with Crippen molar-refractivity contribution < 1.29 is 16.8 Å². The predicted molar refractivity (Wildman–Crippen MR) is 67.0 cm³/mol. The number of hydrogen-bond donors (Lipinski definition) is 0. The van der Waals surface area contributed by atoms with E-state index in [1.165, 1.54) is 6.07 Å². The van der Waals surface area contributed by atoms with Crippen molar-refractivity contribution in [1.82, 2.24) is 0 Å². The fourth-order valence-electron chi connectivity index (χ4n) is 0.923. The van der Waals surface area contributed by atoms with Crippen LogP contribution in [0.4, 0.5) is 0 Å². The fraction of sp³-hybridized carbons (Fsp3) is 0.333. The van der Waals surface area contributed by atoms with Gasteiger partial charge in [-0.2, -0.15) is 8.42 Å². The molecule has 0 heterocycles. The van der Waals surface area contributed by atoms with Crippen molar-refractivity contribution in [3.8, 4) is 5.75 Å². The van der Waals surface area contributed by atoms with Crippen LogP contribution in [0.3, 0.4) is 0 Å². The van der Waals surface area contributed by atoms with Crippen molar-refractivity contribution >= 4 is 45.2 Å². The number of halogens is 3. The summed E-state index contributed by atoms with van der Waals surface area (Å²) in [4.78, 5) is 0. The van der Waals surface area contributed by atoms with Crippen LogP contribution in [-0.2, 0) is 14.6 Å². The number of rotatable bonds is 4. The Labute approximate surface area is 115 Å². The third-order valence-electron chi connectivity index (χ3n) is 1.65. The molecule has 8 heteroatoms. The van der Waals surface area contributed by atoms with Crippen LogP contribution in [-0.4, -0.2) is 18.8 Å². The number of alkyl halides is 3. The molecule has 0 atom stereocenters. The second-order valence-electron chi connectivity index (χ2n) is 3.13. The van der Waals surface area contributed by atoms with Gasteiger partial charge in [0.15, 0.2) is 0 Å². The average Bonchev–Trinajstić information content (AvgIpc) is 2.18. The second-order valence-corrected chi connectivity index (χ2v) is 6.87. The minimum Gasteiger partial charge on any atom is -0.361 e. The van der Waals surface area contributed by atoms with E-state index < -0.39 is 20.8 Å². The van der Waals surface area contributed by atoms with Crippen LogP contribution in [0.25, 0.3) is 0 Å². The van der Waals surface area contributed by atoms with Gasteiger partial charge >= 0.3 is 10.4 Å². The minimum atomic E-state index is -4.24. The van der Waals surface area contributed by atoms with E-state index in [9.17, 15) is 8.42 Å². The van der Waals surface area contributed by atoms with E-state index in [0.717, 1.165) is 0 Å². The Kier molecular flexibility index (Phi) is 4.92. The first-order valence-corrected chi connectivity index (χ1v) is 6.87. The molecule has 0 aliphatic rings. The smallest absolute Gasteiger partial charge is 0.361 e. The molecule has 0 unspecified atom stereocenters. The van der Waals surface area contributed by atoms with Gasteiger partial charge in [0.2, 0.25) is 3.79 Å². The first-order chi connectivity index (χ1) is 7.70. The lowest BCUT2D eigenvalue weighted by molar-refractivity contribution is 0.278. The third kappa shape index (κ3) is 5.79. The molecule has 0 bridgehead atoms. The van der Waals surface area contributed by atoms with Crippen LogP contribution < -0.4 is 4.18 Å². The topological polar surface area (TPSA) is 52.6 Å². The van der Waals surface area contributed by atoms with Crippen molar-refractivity contribution in [3.63, 3.8) is 0 Å². The van der Waals surface area contributed by atoms with Gasteiger partial charge in [0.25, 0.3) is 0 Å². The molecule has 0 saturated carbocycles. The first-order valence-electron chi connectivity index (χ1n) is 4.41. The highest BCUT2D eigenvalue weighted by Gasteiger charge is 2.25. The maximum Gasteiger partial charge on any atom is 0.449 e. The fourth-order valence-corrected chi connectivity index (χ4v) is 2.06. The molecule has 0 aromatic heterocycles. The van der Waals surface area contributed by atoms with E-state index in [-0.39, 0.29) is 5.75 Å².